The van der Waals surface area contributed by atoms with Crippen molar-refractivity contribution in [2.45, 2.75) is 51.2 Å². The van der Waals surface area contributed by atoms with E-state index in [1.807, 2.05) is 12.4 Å². The van der Waals surface area contributed by atoms with Crippen molar-refractivity contribution in [3.05, 3.63) is 59.8 Å². The molecular weight excluding hydrogens is 612 g/mol. The fourth-order valence-electron chi connectivity index (χ4n) is 6.55. The molecule has 0 saturated carbocycles. The van der Waals surface area contributed by atoms with Gasteiger partial charge in [0.2, 0.25) is 0 Å². The third-order valence-corrected chi connectivity index (χ3v) is 8.94. The normalized spacial score (nSPS) is 19.7. The quantitative estimate of drug-likeness (QED) is 0.351. The van der Waals surface area contributed by atoms with Crippen LogP contribution < -0.4 is 14.5 Å². The minimum atomic E-state index is -1.01. The van der Waals surface area contributed by atoms with Crippen molar-refractivity contribution in [2.75, 3.05) is 56.2 Å². The molecule has 2 fully saturated rings. The average Bonchev–Trinajstić information content (AvgIpc) is 3.43. The zero-order valence-corrected chi connectivity index (χ0v) is 27.8. The number of aryl methyl sites for hydroxylation is 1. The van der Waals surface area contributed by atoms with Crippen LogP contribution in [0.15, 0.2) is 43.0 Å². The van der Waals surface area contributed by atoms with Gasteiger partial charge in [0.15, 0.2) is 5.83 Å². The maximum Gasteiger partial charge on any atom is 0.318 e. The number of piperazine rings is 1. The molecule has 5 heterocycles. The van der Waals surface area contributed by atoms with Crippen molar-refractivity contribution in [3.63, 3.8) is 0 Å². The summed E-state index contributed by atoms with van der Waals surface area (Å²) in [5.41, 5.74) is 4.18. The van der Waals surface area contributed by atoms with E-state index in [9.17, 15) is 14.4 Å². The van der Waals surface area contributed by atoms with E-state index >= 15 is 0 Å². The number of amides is 1. The van der Waals surface area contributed by atoms with Crippen LogP contribution in [0.5, 0.6) is 6.01 Å². The van der Waals surface area contributed by atoms with Crippen molar-refractivity contribution in [3.8, 4) is 12.1 Å². The van der Waals surface area contributed by atoms with Gasteiger partial charge in [-0.25, -0.2) is 4.39 Å². The van der Waals surface area contributed by atoms with E-state index < -0.39 is 17.8 Å². The second-order valence-corrected chi connectivity index (χ2v) is 11.8. The van der Waals surface area contributed by atoms with Gasteiger partial charge in [-0.05, 0) is 45.8 Å². The molecule has 0 unspecified atom stereocenters. The number of anilines is 2. The number of nitriles is 1. The summed E-state index contributed by atoms with van der Waals surface area (Å²) in [5.74, 6) is -1.01. The van der Waals surface area contributed by atoms with Crippen molar-refractivity contribution in [2.24, 2.45) is 0 Å². The first-order valence-corrected chi connectivity index (χ1v) is 14.9. The van der Waals surface area contributed by atoms with E-state index in [0.717, 1.165) is 59.5 Å². The van der Waals surface area contributed by atoms with E-state index in [2.05, 4.69) is 64.5 Å². The number of hydrogen-bond donors (Lipinski definition) is 0. The molecule has 1 amide bonds. The minimum Gasteiger partial charge on any atom is -0.462 e. The van der Waals surface area contributed by atoms with Gasteiger partial charge in [0.25, 0.3) is 5.91 Å². The lowest BCUT2D eigenvalue weighted by atomic mass is 10.0. The molecule has 3 aromatic rings. The molecule has 45 heavy (non-hydrogen) atoms. The van der Waals surface area contributed by atoms with Crippen LogP contribution in [0.25, 0.3) is 10.8 Å². The second kappa shape index (κ2) is 14.7. The highest BCUT2D eigenvalue weighted by Crippen LogP contribution is 2.35. The van der Waals surface area contributed by atoms with Gasteiger partial charge in [0.1, 0.15) is 12.4 Å². The number of ether oxygens (including phenoxy) is 1. The second-order valence-electron chi connectivity index (χ2n) is 11.8. The van der Waals surface area contributed by atoms with Gasteiger partial charge < -0.3 is 24.3 Å². The summed E-state index contributed by atoms with van der Waals surface area (Å²) < 4.78 is 20.0. The van der Waals surface area contributed by atoms with Crippen LogP contribution in [-0.4, -0.2) is 89.1 Å². The van der Waals surface area contributed by atoms with Crippen molar-refractivity contribution in [1.82, 2.24) is 24.8 Å². The van der Waals surface area contributed by atoms with Gasteiger partial charge in [0.05, 0.1) is 42.7 Å². The largest absolute Gasteiger partial charge is 0.462 e. The fraction of sp³-hybridized carbons (Fsp3) is 0.469. The molecule has 2 aromatic heterocycles. The molecule has 0 aliphatic carbocycles. The van der Waals surface area contributed by atoms with Crippen LogP contribution in [0.4, 0.5) is 15.9 Å². The maximum absolute atomic E-state index is 13.8. The van der Waals surface area contributed by atoms with Crippen molar-refractivity contribution >= 4 is 55.2 Å². The van der Waals surface area contributed by atoms with E-state index in [1.54, 1.807) is 0 Å². The predicted molar refractivity (Wildman–Crippen MR) is 183 cm³/mol. The molecule has 2 atom stereocenters. The van der Waals surface area contributed by atoms with Crippen molar-refractivity contribution < 1.29 is 13.9 Å². The number of hydrogen-bond acceptors (Lipinski definition) is 9. The third-order valence-electron chi connectivity index (χ3n) is 8.94. The average molecular weight is 653 g/mol. The zero-order chi connectivity index (χ0) is 30.1. The number of aromatic nitrogens is 3. The smallest absolute Gasteiger partial charge is 0.318 e. The molecule has 0 N–H and O–H groups in total. The fourth-order valence-corrected chi connectivity index (χ4v) is 6.55. The van der Waals surface area contributed by atoms with E-state index in [4.69, 9.17) is 14.7 Å². The number of carbonyl (C=O) groups is 1. The van der Waals surface area contributed by atoms with E-state index in [-0.39, 0.29) is 40.0 Å². The van der Waals surface area contributed by atoms with E-state index in [0.29, 0.717) is 44.7 Å². The number of fused-ring (bicyclic) bond motifs is 2. The van der Waals surface area contributed by atoms with Crippen LogP contribution in [0.3, 0.4) is 0 Å². The minimum absolute atomic E-state index is 0. The predicted octanol–water partition coefficient (Wildman–Crippen LogP) is 4.01. The van der Waals surface area contributed by atoms with Gasteiger partial charge >= 0.3 is 6.01 Å². The Hall–Kier alpha value is -3.60. The molecule has 0 bridgehead atoms. The first-order valence-electron chi connectivity index (χ1n) is 14.9. The Morgan fingerprint density at radius 2 is 1.96 bits per heavy atom. The molecular formula is C32H41FN8O2S2. The van der Waals surface area contributed by atoms with Gasteiger partial charge in [-0.3, -0.25) is 9.78 Å². The summed E-state index contributed by atoms with van der Waals surface area (Å²) in [7, 11) is 2.11. The Kier molecular flexibility index (Phi) is 11.2. The Morgan fingerprint density at radius 3 is 2.69 bits per heavy atom. The summed E-state index contributed by atoms with van der Waals surface area (Å²) in [4.78, 5) is 35.0. The molecule has 240 valence electrons. The summed E-state index contributed by atoms with van der Waals surface area (Å²) in [6.07, 6.45) is 6.82. The Labute approximate surface area is 277 Å². The molecule has 6 rings (SSSR count). The standard InChI is InChI=1S/C32H37FN8O2.2H2S/c1-21-6-7-23-16-35-17-29(27(23)15-21)39-12-9-26-28(19-39)36-32(43-20-25-5-4-11-38(25)3)37-30(26)40-13-14-41(31(42)22(2)33)24(18-40)8-10-34;;/h6-7,15-17,24-25H,2,4-5,8-9,11-14,18-20H2,1,3H3;2*1H2/t24-,25-;;/m0../s1. The van der Waals surface area contributed by atoms with Gasteiger partial charge in [0, 0.05) is 54.8 Å². The number of rotatable bonds is 7. The number of halogens is 1. The van der Waals surface area contributed by atoms with Crippen LogP contribution >= 0.6 is 27.0 Å². The summed E-state index contributed by atoms with van der Waals surface area (Å²) in [6.45, 7) is 9.23. The Balaban J connectivity index is 0.00000230. The summed E-state index contributed by atoms with van der Waals surface area (Å²) >= 11 is 0. The van der Waals surface area contributed by atoms with Gasteiger partial charge in [-0.2, -0.15) is 42.2 Å². The molecule has 1 aromatic carbocycles. The molecule has 3 aliphatic heterocycles. The van der Waals surface area contributed by atoms with Crippen molar-refractivity contribution in [1.29, 1.82) is 5.26 Å². The van der Waals surface area contributed by atoms with Gasteiger partial charge in [-0.15, -0.1) is 0 Å². The monoisotopic (exact) mass is 652 g/mol. The zero-order valence-electron chi connectivity index (χ0n) is 25.8. The Morgan fingerprint density at radius 1 is 1.13 bits per heavy atom. The lowest BCUT2D eigenvalue weighted by molar-refractivity contribution is -0.131. The highest BCUT2D eigenvalue weighted by Gasteiger charge is 2.35. The van der Waals surface area contributed by atoms with Crippen LogP contribution in [-0.2, 0) is 17.8 Å². The first kappa shape index (κ1) is 34.3. The topological polar surface area (TPSA) is 102 Å². The number of likely N-dealkylation sites (tertiary alicyclic amines) is 1. The first-order chi connectivity index (χ1) is 20.8. The molecule has 10 nitrogen and oxygen atoms in total. The summed E-state index contributed by atoms with van der Waals surface area (Å²) in [6, 6.07) is 8.72. The SMILES string of the molecule is C=C(F)C(=O)N1CCN(c2nc(OC[C@@H]3CCCN3C)nc3c2CCN(c2cncc4ccc(C)cc24)C3)C[C@@H]1CC#N.S.S. The number of benzene rings is 1. The highest BCUT2D eigenvalue weighted by molar-refractivity contribution is 7.59. The number of nitrogens with zero attached hydrogens (tertiary/aromatic N) is 8. The van der Waals surface area contributed by atoms with Crippen LogP contribution in [0.2, 0.25) is 0 Å². The van der Waals surface area contributed by atoms with Crippen LogP contribution in [0.1, 0.15) is 36.1 Å². The van der Waals surface area contributed by atoms with Crippen LogP contribution in [0, 0.1) is 18.3 Å². The molecule has 2 saturated heterocycles. The van der Waals surface area contributed by atoms with Gasteiger partial charge in [-0.1, -0.05) is 24.3 Å². The highest BCUT2D eigenvalue weighted by atomic mass is 32.1. The number of pyridine rings is 1. The third kappa shape index (κ3) is 7.13. The molecule has 13 heteroatoms. The molecule has 0 spiro atoms. The maximum atomic E-state index is 13.8. The molecule has 0 radical (unpaired) electrons. The number of carbonyl (C=O) groups excluding carboxylic acids is 1. The number of likely N-dealkylation sites (N-methyl/N-ethyl adjacent to an activating group) is 1. The summed E-state index contributed by atoms with van der Waals surface area (Å²) in [5, 5.41) is 11.7. The van der Waals surface area contributed by atoms with E-state index in [1.165, 1.54) is 10.5 Å². The molecule has 3 aliphatic rings. The lowest BCUT2D eigenvalue weighted by Crippen LogP contribution is -2.55. The Bertz CT molecular complexity index is 1600. The lowest BCUT2D eigenvalue weighted by Gasteiger charge is -2.42.